The second-order valence-electron chi connectivity index (χ2n) is 5.87. The molecule has 1 aliphatic rings. The van der Waals surface area contributed by atoms with Crippen molar-refractivity contribution in [1.82, 2.24) is 0 Å². The molecule has 0 saturated carbocycles. The van der Waals surface area contributed by atoms with Crippen LogP contribution in [0.1, 0.15) is 37.1 Å². The highest BCUT2D eigenvalue weighted by molar-refractivity contribution is 7.19. The molecule has 2 heterocycles. The Bertz CT molecular complexity index is 600. The van der Waals surface area contributed by atoms with Gasteiger partial charge in [0.05, 0.1) is 24.9 Å². The Hall–Kier alpha value is -0.940. The third-order valence-electron chi connectivity index (χ3n) is 4.08. The molecule has 1 fully saturated rings. The van der Waals surface area contributed by atoms with E-state index in [1.165, 1.54) is 20.5 Å². The Morgan fingerprint density at radius 3 is 2.67 bits per heavy atom. The molecule has 0 amide bonds. The monoisotopic (exact) mass is 305 g/mol. The quantitative estimate of drug-likeness (QED) is 0.933. The lowest BCUT2D eigenvalue weighted by atomic mass is 10.0. The van der Waals surface area contributed by atoms with Crippen LogP contribution in [0, 0.1) is 0 Å². The van der Waals surface area contributed by atoms with E-state index in [4.69, 9.17) is 15.2 Å². The van der Waals surface area contributed by atoms with E-state index in [1.807, 2.05) is 0 Å². The van der Waals surface area contributed by atoms with Crippen LogP contribution in [0.3, 0.4) is 0 Å². The molecule has 3 rings (SSSR count). The van der Waals surface area contributed by atoms with Gasteiger partial charge in [0.1, 0.15) is 0 Å². The van der Waals surface area contributed by atoms with Crippen LogP contribution in [0.2, 0.25) is 0 Å². The van der Waals surface area contributed by atoms with Crippen molar-refractivity contribution in [3.63, 3.8) is 0 Å². The van der Waals surface area contributed by atoms with Crippen LogP contribution < -0.4 is 5.73 Å². The summed E-state index contributed by atoms with van der Waals surface area (Å²) in [7, 11) is 0. The lowest BCUT2D eigenvalue weighted by Crippen LogP contribution is -2.34. The van der Waals surface area contributed by atoms with Crippen molar-refractivity contribution < 1.29 is 9.47 Å². The first-order chi connectivity index (χ1) is 10.2. The predicted molar refractivity (Wildman–Crippen MR) is 87.5 cm³/mol. The van der Waals surface area contributed by atoms with Crippen LogP contribution in [-0.2, 0) is 22.6 Å². The van der Waals surface area contributed by atoms with Gasteiger partial charge in [0, 0.05) is 21.7 Å². The standard InChI is InChI=1S/C17H23NO2S/c1-11-7-13(8-12(2)20-11)19-10-15-14-5-3-4-6-16(14)21-17(15)9-18/h3-6,11-13H,7-10,18H2,1-2H3. The van der Waals surface area contributed by atoms with Gasteiger partial charge in [-0.1, -0.05) is 18.2 Å². The summed E-state index contributed by atoms with van der Waals surface area (Å²) < 4.78 is 13.3. The summed E-state index contributed by atoms with van der Waals surface area (Å²) in [4.78, 5) is 1.24. The first-order valence-corrected chi connectivity index (χ1v) is 8.45. The van der Waals surface area contributed by atoms with Crippen LogP contribution in [-0.4, -0.2) is 18.3 Å². The molecule has 21 heavy (non-hydrogen) atoms. The normalized spacial score (nSPS) is 26.3. The number of hydrogen-bond donors (Lipinski definition) is 1. The van der Waals surface area contributed by atoms with Gasteiger partial charge in [0.2, 0.25) is 0 Å². The first kappa shape index (κ1) is 15.0. The molecular weight excluding hydrogens is 282 g/mol. The highest BCUT2D eigenvalue weighted by atomic mass is 32.1. The van der Waals surface area contributed by atoms with Gasteiger partial charge in [-0.15, -0.1) is 11.3 Å². The average molecular weight is 305 g/mol. The lowest BCUT2D eigenvalue weighted by molar-refractivity contribution is -0.106. The maximum atomic E-state index is 6.19. The van der Waals surface area contributed by atoms with Crippen LogP contribution in [0.5, 0.6) is 0 Å². The third kappa shape index (κ3) is 3.29. The summed E-state index contributed by atoms with van der Waals surface area (Å²) in [5, 5.41) is 1.29. The van der Waals surface area contributed by atoms with E-state index in [-0.39, 0.29) is 18.3 Å². The molecule has 2 N–H and O–H groups in total. The minimum Gasteiger partial charge on any atom is -0.375 e. The zero-order valence-electron chi connectivity index (χ0n) is 12.7. The van der Waals surface area contributed by atoms with E-state index in [1.54, 1.807) is 11.3 Å². The van der Waals surface area contributed by atoms with E-state index < -0.39 is 0 Å². The van der Waals surface area contributed by atoms with Gasteiger partial charge in [0.15, 0.2) is 0 Å². The smallest absolute Gasteiger partial charge is 0.0738 e. The summed E-state index contributed by atoms with van der Waals surface area (Å²) in [5.41, 5.74) is 7.17. The van der Waals surface area contributed by atoms with E-state index in [9.17, 15) is 0 Å². The number of thiophene rings is 1. The number of ether oxygens (including phenoxy) is 2. The molecule has 2 atom stereocenters. The number of fused-ring (bicyclic) bond motifs is 1. The third-order valence-corrected chi connectivity index (χ3v) is 5.32. The minimum atomic E-state index is 0.284. The molecule has 2 unspecified atom stereocenters. The molecule has 3 nitrogen and oxygen atoms in total. The molecule has 1 aliphatic heterocycles. The SMILES string of the molecule is CC1CC(OCc2c(CN)sc3ccccc23)CC(C)O1. The molecule has 4 heteroatoms. The predicted octanol–water partition coefficient (Wildman–Crippen LogP) is 3.83. The highest BCUT2D eigenvalue weighted by Crippen LogP contribution is 2.32. The van der Waals surface area contributed by atoms with Crippen LogP contribution in [0.15, 0.2) is 24.3 Å². The molecule has 1 aromatic carbocycles. The zero-order chi connectivity index (χ0) is 14.8. The van der Waals surface area contributed by atoms with E-state index in [2.05, 4.69) is 38.1 Å². The topological polar surface area (TPSA) is 44.5 Å². The molecule has 0 radical (unpaired) electrons. The Kier molecular flexibility index (Phi) is 4.60. The highest BCUT2D eigenvalue weighted by Gasteiger charge is 2.25. The van der Waals surface area contributed by atoms with E-state index in [0.717, 1.165) is 12.8 Å². The molecule has 1 saturated heterocycles. The fraction of sp³-hybridized carbons (Fsp3) is 0.529. The van der Waals surface area contributed by atoms with Crippen molar-refractivity contribution in [3.8, 4) is 0 Å². The summed E-state index contributed by atoms with van der Waals surface area (Å²) in [6.45, 7) is 5.48. The van der Waals surface area contributed by atoms with Gasteiger partial charge in [-0.3, -0.25) is 0 Å². The van der Waals surface area contributed by atoms with Crippen molar-refractivity contribution in [2.75, 3.05) is 0 Å². The summed E-state index contributed by atoms with van der Waals surface area (Å²) in [6.07, 6.45) is 2.81. The minimum absolute atomic E-state index is 0.284. The number of hydrogen-bond acceptors (Lipinski definition) is 4. The van der Waals surface area contributed by atoms with Crippen molar-refractivity contribution in [2.24, 2.45) is 5.73 Å². The maximum absolute atomic E-state index is 6.19. The van der Waals surface area contributed by atoms with Crippen molar-refractivity contribution in [2.45, 2.75) is 58.2 Å². The van der Waals surface area contributed by atoms with Gasteiger partial charge in [-0.25, -0.2) is 0 Å². The summed E-state index contributed by atoms with van der Waals surface area (Å²) in [5.74, 6) is 0. The molecular formula is C17H23NO2S. The van der Waals surface area contributed by atoms with Crippen molar-refractivity contribution >= 4 is 21.4 Å². The van der Waals surface area contributed by atoms with Gasteiger partial charge in [-0.05, 0) is 38.1 Å². The maximum Gasteiger partial charge on any atom is 0.0738 e. The van der Waals surface area contributed by atoms with Gasteiger partial charge in [0.25, 0.3) is 0 Å². The van der Waals surface area contributed by atoms with E-state index in [0.29, 0.717) is 13.2 Å². The van der Waals surface area contributed by atoms with E-state index >= 15 is 0 Å². The average Bonchev–Trinajstić information content (AvgIpc) is 2.82. The molecule has 0 spiro atoms. The Balaban J connectivity index is 1.75. The van der Waals surface area contributed by atoms with Crippen molar-refractivity contribution in [1.29, 1.82) is 0 Å². The molecule has 1 aromatic heterocycles. The Morgan fingerprint density at radius 1 is 1.24 bits per heavy atom. The fourth-order valence-corrected chi connectivity index (χ4v) is 4.24. The second kappa shape index (κ2) is 6.44. The second-order valence-corrected chi connectivity index (χ2v) is 7.00. The molecule has 0 aliphatic carbocycles. The van der Waals surface area contributed by atoms with Crippen molar-refractivity contribution in [3.05, 3.63) is 34.7 Å². The largest absolute Gasteiger partial charge is 0.375 e. The summed E-state index contributed by atoms with van der Waals surface area (Å²) in [6, 6.07) is 8.48. The number of benzene rings is 1. The fourth-order valence-electron chi connectivity index (χ4n) is 3.15. The molecule has 2 aromatic rings. The van der Waals surface area contributed by atoms with Crippen LogP contribution >= 0.6 is 11.3 Å². The van der Waals surface area contributed by atoms with Crippen LogP contribution in [0.4, 0.5) is 0 Å². The summed E-state index contributed by atoms with van der Waals surface area (Å²) >= 11 is 1.78. The zero-order valence-corrected chi connectivity index (χ0v) is 13.5. The molecule has 0 bridgehead atoms. The Morgan fingerprint density at radius 2 is 1.95 bits per heavy atom. The van der Waals surface area contributed by atoms with Gasteiger partial charge < -0.3 is 15.2 Å². The molecule has 114 valence electrons. The lowest BCUT2D eigenvalue weighted by Gasteiger charge is -2.32. The number of nitrogens with two attached hydrogens (primary N) is 1. The Labute approximate surface area is 130 Å². The first-order valence-electron chi connectivity index (χ1n) is 7.63. The number of rotatable bonds is 4. The van der Waals surface area contributed by atoms with Gasteiger partial charge in [-0.2, -0.15) is 0 Å². The van der Waals surface area contributed by atoms with Crippen LogP contribution in [0.25, 0.3) is 10.1 Å². The van der Waals surface area contributed by atoms with Gasteiger partial charge >= 0.3 is 0 Å².